The molecule has 6 nitrogen and oxygen atoms in total. The summed E-state index contributed by atoms with van der Waals surface area (Å²) in [7, 11) is 1.79. The first-order valence-corrected chi connectivity index (χ1v) is 8.57. The minimum absolute atomic E-state index is 0.0473. The van der Waals surface area contributed by atoms with E-state index >= 15 is 0 Å². The third kappa shape index (κ3) is 4.33. The Morgan fingerprint density at radius 2 is 1.92 bits per heavy atom. The molecule has 1 aliphatic carbocycles. The van der Waals surface area contributed by atoms with Crippen molar-refractivity contribution in [3.05, 3.63) is 29.3 Å². The van der Waals surface area contributed by atoms with Crippen molar-refractivity contribution in [2.24, 2.45) is 0 Å². The van der Waals surface area contributed by atoms with Crippen LogP contribution in [0.15, 0.2) is 18.2 Å². The van der Waals surface area contributed by atoms with Crippen LogP contribution in [0, 0.1) is 0 Å². The number of carbonyl (C=O) groups excluding carboxylic acids is 2. The van der Waals surface area contributed by atoms with Crippen molar-refractivity contribution in [3.8, 4) is 0 Å². The summed E-state index contributed by atoms with van der Waals surface area (Å²) in [5.41, 5.74) is 3.57. The molecule has 0 spiro atoms. The molecule has 2 aliphatic rings. The molecule has 0 unspecified atom stereocenters. The summed E-state index contributed by atoms with van der Waals surface area (Å²) >= 11 is 0. The molecule has 130 valence electrons. The van der Waals surface area contributed by atoms with E-state index in [1.807, 2.05) is 6.07 Å². The molecule has 1 heterocycles. The van der Waals surface area contributed by atoms with Crippen molar-refractivity contribution in [1.29, 1.82) is 0 Å². The van der Waals surface area contributed by atoms with Crippen LogP contribution < -0.4 is 5.32 Å². The van der Waals surface area contributed by atoms with E-state index < -0.39 is 0 Å². The summed E-state index contributed by atoms with van der Waals surface area (Å²) in [5, 5.41) is 2.93. The van der Waals surface area contributed by atoms with E-state index in [1.54, 1.807) is 16.8 Å². The van der Waals surface area contributed by atoms with Gasteiger partial charge in [-0.15, -0.1) is 0 Å². The number of nitrogens with one attached hydrogen (secondary N) is 1. The van der Waals surface area contributed by atoms with Gasteiger partial charge in [-0.2, -0.15) is 0 Å². The summed E-state index contributed by atoms with van der Waals surface area (Å²) in [6.07, 6.45) is 3.42. The molecule has 1 saturated heterocycles. The number of likely N-dealkylation sites (N-methyl/N-ethyl adjacent to an activating group) is 1. The number of rotatable bonds is 5. The van der Waals surface area contributed by atoms with Gasteiger partial charge >= 0.3 is 0 Å². The van der Waals surface area contributed by atoms with Crippen molar-refractivity contribution in [2.45, 2.75) is 19.3 Å². The molecule has 1 aliphatic heterocycles. The lowest BCUT2D eigenvalue weighted by atomic mass is 10.1. The van der Waals surface area contributed by atoms with Crippen LogP contribution in [0.1, 0.15) is 17.5 Å². The maximum Gasteiger partial charge on any atom is 0.238 e. The summed E-state index contributed by atoms with van der Waals surface area (Å²) in [6, 6.07) is 6.13. The Balaban J connectivity index is 1.46. The predicted octanol–water partition coefficient (Wildman–Crippen LogP) is 0.904. The molecule has 0 bridgehead atoms. The summed E-state index contributed by atoms with van der Waals surface area (Å²) in [5.74, 6) is -0.0450. The number of benzene rings is 1. The zero-order valence-electron chi connectivity index (χ0n) is 14.2. The van der Waals surface area contributed by atoms with Gasteiger partial charge in [-0.3, -0.25) is 14.5 Å². The summed E-state index contributed by atoms with van der Waals surface area (Å²) in [4.78, 5) is 27.9. The third-order valence-corrected chi connectivity index (χ3v) is 4.56. The first-order valence-electron chi connectivity index (χ1n) is 8.57. The molecule has 3 rings (SSSR count). The van der Waals surface area contributed by atoms with Gasteiger partial charge in [-0.1, -0.05) is 6.07 Å². The van der Waals surface area contributed by atoms with Crippen molar-refractivity contribution in [1.82, 2.24) is 9.80 Å². The molecule has 1 aromatic rings. The monoisotopic (exact) mass is 331 g/mol. The zero-order valence-corrected chi connectivity index (χ0v) is 14.2. The van der Waals surface area contributed by atoms with Gasteiger partial charge in [0.05, 0.1) is 26.3 Å². The number of ether oxygens (including phenoxy) is 1. The third-order valence-electron chi connectivity index (χ3n) is 4.56. The maximum atomic E-state index is 12.2. The number of morpholine rings is 1. The molecule has 1 N–H and O–H groups in total. The van der Waals surface area contributed by atoms with Crippen LogP contribution in [0.5, 0.6) is 0 Å². The zero-order chi connectivity index (χ0) is 16.9. The van der Waals surface area contributed by atoms with E-state index in [2.05, 4.69) is 17.4 Å². The number of carbonyl (C=O) groups is 2. The highest BCUT2D eigenvalue weighted by Crippen LogP contribution is 2.24. The van der Waals surface area contributed by atoms with Gasteiger partial charge in [0.1, 0.15) is 0 Å². The molecule has 1 fully saturated rings. The quantitative estimate of drug-likeness (QED) is 0.871. The Kier molecular flexibility index (Phi) is 5.48. The van der Waals surface area contributed by atoms with E-state index in [9.17, 15) is 9.59 Å². The van der Waals surface area contributed by atoms with Crippen LogP contribution in [0.4, 0.5) is 5.69 Å². The highest BCUT2D eigenvalue weighted by atomic mass is 16.5. The Labute approximate surface area is 142 Å². The van der Waals surface area contributed by atoms with Crippen LogP contribution in [0.25, 0.3) is 0 Å². The second-order valence-corrected chi connectivity index (χ2v) is 6.55. The second kappa shape index (κ2) is 7.77. The van der Waals surface area contributed by atoms with E-state index in [1.165, 1.54) is 17.5 Å². The first kappa shape index (κ1) is 16.9. The Hall–Kier alpha value is -1.92. The van der Waals surface area contributed by atoms with Crippen molar-refractivity contribution < 1.29 is 14.3 Å². The molecular formula is C18H25N3O3. The van der Waals surface area contributed by atoms with Gasteiger partial charge in [-0.25, -0.2) is 0 Å². The van der Waals surface area contributed by atoms with Crippen molar-refractivity contribution >= 4 is 17.5 Å². The number of hydrogen-bond acceptors (Lipinski definition) is 4. The first-order chi connectivity index (χ1) is 11.6. The molecule has 0 atom stereocenters. The number of amides is 2. The minimum Gasteiger partial charge on any atom is -0.378 e. The molecule has 2 amide bonds. The fraction of sp³-hybridized carbons (Fsp3) is 0.556. The van der Waals surface area contributed by atoms with Crippen LogP contribution in [-0.2, 0) is 27.2 Å². The average Bonchev–Trinajstić information content (AvgIpc) is 3.03. The number of fused-ring (bicyclic) bond motifs is 1. The fourth-order valence-corrected chi connectivity index (χ4v) is 3.29. The van der Waals surface area contributed by atoms with Crippen LogP contribution in [0.3, 0.4) is 0 Å². The standard InChI is InChI=1S/C18H25N3O3/c1-20(13-18(23)21-7-9-24-10-8-21)12-17(22)19-16-6-5-14-3-2-4-15(14)11-16/h5-6,11H,2-4,7-10,12-13H2,1H3,(H,19,22). The SMILES string of the molecule is CN(CC(=O)Nc1ccc2c(c1)CCC2)CC(=O)N1CCOCC1. The lowest BCUT2D eigenvalue weighted by molar-refractivity contribution is -0.136. The molecule has 24 heavy (non-hydrogen) atoms. The largest absolute Gasteiger partial charge is 0.378 e. The number of nitrogens with zero attached hydrogens (tertiary/aromatic N) is 2. The molecule has 0 aromatic heterocycles. The number of hydrogen-bond donors (Lipinski definition) is 1. The minimum atomic E-state index is -0.0924. The molecule has 0 saturated carbocycles. The van der Waals surface area contributed by atoms with Gasteiger partial charge in [-0.05, 0) is 49.6 Å². The van der Waals surface area contributed by atoms with Crippen LogP contribution in [0.2, 0.25) is 0 Å². The van der Waals surface area contributed by atoms with Gasteiger partial charge in [0.25, 0.3) is 0 Å². The topological polar surface area (TPSA) is 61.9 Å². The average molecular weight is 331 g/mol. The maximum absolute atomic E-state index is 12.2. The van der Waals surface area contributed by atoms with Gasteiger partial charge in [0, 0.05) is 18.8 Å². The van der Waals surface area contributed by atoms with Gasteiger partial charge in [0.2, 0.25) is 11.8 Å². The Morgan fingerprint density at radius 1 is 1.17 bits per heavy atom. The van der Waals surface area contributed by atoms with Crippen molar-refractivity contribution in [2.75, 3.05) is 51.8 Å². The van der Waals surface area contributed by atoms with Gasteiger partial charge in [0.15, 0.2) is 0 Å². The smallest absolute Gasteiger partial charge is 0.238 e. The lowest BCUT2D eigenvalue weighted by Crippen LogP contribution is -2.46. The predicted molar refractivity (Wildman–Crippen MR) is 92.0 cm³/mol. The molecule has 6 heteroatoms. The van der Waals surface area contributed by atoms with Gasteiger partial charge < -0.3 is 15.0 Å². The van der Waals surface area contributed by atoms with E-state index in [4.69, 9.17) is 4.74 Å². The number of aryl methyl sites for hydroxylation is 2. The Morgan fingerprint density at radius 3 is 2.71 bits per heavy atom. The fourth-order valence-electron chi connectivity index (χ4n) is 3.29. The summed E-state index contributed by atoms with van der Waals surface area (Å²) in [6.45, 7) is 2.90. The molecular weight excluding hydrogens is 306 g/mol. The summed E-state index contributed by atoms with van der Waals surface area (Å²) < 4.78 is 5.25. The highest BCUT2D eigenvalue weighted by molar-refractivity contribution is 5.92. The number of anilines is 1. The Bertz CT molecular complexity index is 612. The second-order valence-electron chi connectivity index (χ2n) is 6.55. The lowest BCUT2D eigenvalue weighted by Gasteiger charge is -2.28. The normalized spacial score (nSPS) is 17.0. The molecule has 1 aromatic carbocycles. The highest BCUT2D eigenvalue weighted by Gasteiger charge is 2.19. The van der Waals surface area contributed by atoms with Crippen LogP contribution >= 0.6 is 0 Å². The van der Waals surface area contributed by atoms with E-state index in [-0.39, 0.29) is 24.9 Å². The molecule has 0 radical (unpaired) electrons. The van der Waals surface area contributed by atoms with E-state index in [0.29, 0.717) is 26.3 Å². The van der Waals surface area contributed by atoms with Crippen LogP contribution in [-0.4, -0.2) is 68.1 Å². The van der Waals surface area contributed by atoms with E-state index in [0.717, 1.165) is 18.5 Å². The van der Waals surface area contributed by atoms with Crippen molar-refractivity contribution in [3.63, 3.8) is 0 Å².